The van der Waals surface area contributed by atoms with Crippen LogP contribution in [0.5, 0.6) is 0 Å². The molecule has 0 N–H and O–H groups in total. The summed E-state index contributed by atoms with van der Waals surface area (Å²) in [6.07, 6.45) is 1.89. The Morgan fingerprint density at radius 3 is 2.15 bits per heavy atom. The summed E-state index contributed by atoms with van der Waals surface area (Å²) in [5.74, 6) is 0. The van der Waals surface area contributed by atoms with E-state index in [-0.39, 0.29) is 5.69 Å². The van der Waals surface area contributed by atoms with Crippen LogP contribution in [0.25, 0.3) is 0 Å². The highest BCUT2D eigenvalue weighted by molar-refractivity contribution is 5.75. The Hall–Kier alpha value is -1.71. The van der Waals surface area contributed by atoms with Crippen LogP contribution < -0.4 is 0 Å². The zero-order valence-electron chi connectivity index (χ0n) is 7.60. The first-order chi connectivity index (χ1) is 6.09. The summed E-state index contributed by atoms with van der Waals surface area (Å²) in [5, 5.41) is 10.3. The van der Waals surface area contributed by atoms with Gasteiger partial charge in [-0.2, -0.15) is 0 Å². The highest BCUT2D eigenvalue weighted by Crippen LogP contribution is 2.10. The molecule has 0 aliphatic heterocycles. The quantitative estimate of drug-likeness (QED) is 0.297. The van der Waals surface area contributed by atoms with Crippen molar-refractivity contribution < 1.29 is 9.50 Å². The summed E-state index contributed by atoms with van der Waals surface area (Å²) in [6, 6.07) is 6.43. The molecule has 1 aromatic carbocycles. The number of hydrogen-bond acceptors (Lipinski definition) is 2. The fourth-order valence-electron chi connectivity index (χ4n) is 0.980. The summed E-state index contributed by atoms with van der Waals surface area (Å²) in [5.41, 5.74) is 1.08. The van der Waals surface area contributed by atoms with Crippen molar-refractivity contribution in [1.82, 2.24) is 0 Å². The van der Waals surface area contributed by atoms with Gasteiger partial charge in [-0.15, -0.1) is 0 Å². The Morgan fingerprint density at radius 2 is 1.77 bits per heavy atom. The molecule has 13 heavy (non-hydrogen) atoms. The number of nitrogens with zero attached hydrogens (tertiary/aromatic N) is 2. The molecular formula is C9H11N2O2+. The molecule has 0 bridgehead atoms. The van der Waals surface area contributed by atoms with Gasteiger partial charge < -0.3 is 0 Å². The van der Waals surface area contributed by atoms with Gasteiger partial charge in [-0.1, -0.05) is 0 Å². The van der Waals surface area contributed by atoms with Crippen molar-refractivity contribution in [3.05, 3.63) is 39.9 Å². The smallest absolute Gasteiger partial charge is 0.258 e. The Morgan fingerprint density at radius 1 is 1.23 bits per heavy atom. The fraction of sp³-hybridized carbons (Fsp3) is 0.222. The minimum atomic E-state index is -0.403. The summed E-state index contributed by atoms with van der Waals surface area (Å²) in [6.45, 7) is 0. The lowest BCUT2D eigenvalue weighted by atomic mass is 10.2. The predicted octanol–water partition coefficient (Wildman–Crippen LogP) is 1.29. The summed E-state index contributed by atoms with van der Waals surface area (Å²) in [7, 11) is 3.81. The van der Waals surface area contributed by atoms with Crippen molar-refractivity contribution in [1.29, 1.82) is 0 Å². The number of rotatable bonds is 2. The molecular weight excluding hydrogens is 168 g/mol. The van der Waals surface area contributed by atoms with Gasteiger partial charge in [-0.05, 0) is 12.1 Å². The van der Waals surface area contributed by atoms with Gasteiger partial charge in [0.2, 0.25) is 0 Å². The number of benzene rings is 1. The van der Waals surface area contributed by atoms with Gasteiger partial charge in [0.25, 0.3) is 5.69 Å². The first kappa shape index (κ1) is 9.38. The highest BCUT2D eigenvalue weighted by atomic mass is 16.6. The van der Waals surface area contributed by atoms with E-state index in [2.05, 4.69) is 0 Å². The predicted molar refractivity (Wildman–Crippen MR) is 50.4 cm³/mol. The molecule has 0 fully saturated rings. The molecule has 0 saturated heterocycles. The van der Waals surface area contributed by atoms with Crippen molar-refractivity contribution in [2.75, 3.05) is 14.1 Å². The topological polar surface area (TPSA) is 46.1 Å². The van der Waals surface area contributed by atoms with Crippen molar-refractivity contribution in [2.45, 2.75) is 0 Å². The Labute approximate surface area is 76.3 Å². The van der Waals surface area contributed by atoms with Gasteiger partial charge in [0.15, 0.2) is 6.21 Å². The first-order valence-electron chi connectivity index (χ1n) is 3.85. The third-order valence-corrected chi connectivity index (χ3v) is 1.51. The van der Waals surface area contributed by atoms with Gasteiger partial charge in [-0.3, -0.25) is 10.1 Å². The molecule has 0 aromatic heterocycles. The monoisotopic (exact) mass is 179 g/mol. The molecule has 68 valence electrons. The van der Waals surface area contributed by atoms with Gasteiger partial charge in [0.1, 0.15) is 14.1 Å². The summed E-state index contributed by atoms with van der Waals surface area (Å²) in [4.78, 5) is 9.92. The second-order valence-electron chi connectivity index (χ2n) is 2.94. The summed E-state index contributed by atoms with van der Waals surface area (Å²) < 4.78 is 1.89. The minimum Gasteiger partial charge on any atom is -0.258 e. The third-order valence-electron chi connectivity index (χ3n) is 1.51. The van der Waals surface area contributed by atoms with E-state index in [1.54, 1.807) is 12.1 Å². The van der Waals surface area contributed by atoms with Gasteiger partial charge >= 0.3 is 0 Å². The van der Waals surface area contributed by atoms with E-state index >= 15 is 0 Å². The molecule has 1 rings (SSSR count). The summed E-state index contributed by atoms with van der Waals surface area (Å²) >= 11 is 0. The zero-order valence-corrected chi connectivity index (χ0v) is 7.60. The van der Waals surface area contributed by atoms with Crippen LogP contribution in [0, 0.1) is 10.1 Å². The number of nitro benzene ring substituents is 1. The van der Waals surface area contributed by atoms with E-state index in [9.17, 15) is 10.1 Å². The molecule has 0 saturated carbocycles. The fourth-order valence-corrected chi connectivity index (χ4v) is 0.980. The minimum absolute atomic E-state index is 0.121. The normalized spacial score (nSPS) is 9.38. The van der Waals surface area contributed by atoms with Crippen LogP contribution in [0.2, 0.25) is 0 Å². The van der Waals surface area contributed by atoms with E-state index in [4.69, 9.17) is 0 Å². The Balaban J connectivity index is 2.94. The number of non-ortho nitro benzene ring substituents is 1. The van der Waals surface area contributed by atoms with Crippen LogP contribution in [0.3, 0.4) is 0 Å². The number of hydrogen-bond donors (Lipinski definition) is 0. The van der Waals surface area contributed by atoms with E-state index in [0.717, 1.165) is 5.56 Å². The van der Waals surface area contributed by atoms with E-state index in [1.165, 1.54) is 12.1 Å². The SMILES string of the molecule is C[N+](C)=Cc1ccc([N+](=O)[O-])cc1. The van der Waals surface area contributed by atoms with Gasteiger partial charge in [-0.25, -0.2) is 4.58 Å². The molecule has 0 aliphatic rings. The molecule has 4 heteroatoms. The van der Waals surface area contributed by atoms with Gasteiger partial charge in [0, 0.05) is 17.7 Å². The lowest BCUT2D eigenvalue weighted by Crippen LogP contribution is -1.99. The molecule has 0 aliphatic carbocycles. The average molecular weight is 179 g/mol. The van der Waals surface area contributed by atoms with Crippen molar-refractivity contribution in [2.24, 2.45) is 0 Å². The molecule has 0 atom stereocenters. The van der Waals surface area contributed by atoms with Crippen molar-refractivity contribution in [3.8, 4) is 0 Å². The first-order valence-corrected chi connectivity index (χ1v) is 3.85. The highest BCUT2D eigenvalue weighted by Gasteiger charge is 2.03. The zero-order chi connectivity index (χ0) is 9.84. The molecule has 0 spiro atoms. The van der Waals surface area contributed by atoms with E-state index in [1.807, 2.05) is 24.9 Å². The van der Waals surface area contributed by atoms with Crippen LogP contribution >= 0.6 is 0 Å². The van der Waals surface area contributed by atoms with Crippen LogP contribution in [0.4, 0.5) is 5.69 Å². The lowest BCUT2D eigenvalue weighted by molar-refractivity contribution is -0.458. The number of nitro groups is 1. The van der Waals surface area contributed by atoms with E-state index in [0.29, 0.717) is 0 Å². The van der Waals surface area contributed by atoms with Crippen molar-refractivity contribution in [3.63, 3.8) is 0 Å². The molecule has 0 radical (unpaired) electrons. The second-order valence-corrected chi connectivity index (χ2v) is 2.94. The van der Waals surface area contributed by atoms with E-state index < -0.39 is 4.92 Å². The third kappa shape index (κ3) is 2.66. The maximum Gasteiger partial charge on any atom is 0.269 e. The average Bonchev–Trinajstić information content (AvgIpc) is 2.04. The Bertz CT molecular complexity index is 337. The largest absolute Gasteiger partial charge is 0.269 e. The molecule has 0 amide bonds. The molecule has 0 heterocycles. The van der Waals surface area contributed by atoms with Gasteiger partial charge in [0.05, 0.1) is 4.92 Å². The lowest BCUT2D eigenvalue weighted by Gasteiger charge is -1.91. The molecule has 1 aromatic rings. The van der Waals surface area contributed by atoms with Crippen LogP contribution in [-0.2, 0) is 0 Å². The van der Waals surface area contributed by atoms with Crippen LogP contribution in [-0.4, -0.2) is 29.8 Å². The molecule has 4 nitrogen and oxygen atoms in total. The Kier molecular flexibility index (Phi) is 2.74. The van der Waals surface area contributed by atoms with Crippen LogP contribution in [0.1, 0.15) is 5.56 Å². The standard InChI is InChI=1S/C9H11N2O2/c1-10(2)7-8-3-5-9(6-4-8)11(12)13/h3-7H,1-2H3/q+1. The maximum absolute atomic E-state index is 10.3. The molecule has 0 unspecified atom stereocenters. The second kappa shape index (κ2) is 3.80. The van der Waals surface area contributed by atoms with Crippen LogP contribution in [0.15, 0.2) is 24.3 Å². The van der Waals surface area contributed by atoms with Crippen molar-refractivity contribution >= 4 is 11.9 Å². The maximum atomic E-state index is 10.3.